The molecular formula is C17H28N2O2. The SMILES string of the molecule is COc1cc(CCCNCCN2CCCC2)cc(OC)c1. The fraction of sp³-hybridized carbons (Fsp3) is 0.647. The van der Waals surface area contributed by atoms with E-state index in [4.69, 9.17) is 9.47 Å². The molecule has 1 saturated heterocycles. The van der Waals surface area contributed by atoms with Crippen LogP contribution >= 0.6 is 0 Å². The molecule has 1 aromatic carbocycles. The molecule has 0 aromatic heterocycles. The number of hydrogen-bond acceptors (Lipinski definition) is 4. The summed E-state index contributed by atoms with van der Waals surface area (Å²) in [5.74, 6) is 1.73. The van der Waals surface area contributed by atoms with Gasteiger partial charge in [-0.25, -0.2) is 0 Å². The Balaban J connectivity index is 1.63. The Bertz CT molecular complexity index is 395. The van der Waals surface area contributed by atoms with E-state index in [0.29, 0.717) is 0 Å². The number of methoxy groups -OCH3 is 2. The maximum atomic E-state index is 5.30. The van der Waals surface area contributed by atoms with Crippen LogP contribution in [0.1, 0.15) is 24.8 Å². The summed E-state index contributed by atoms with van der Waals surface area (Å²) in [7, 11) is 3.39. The lowest BCUT2D eigenvalue weighted by Gasteiger charge is -2.14. The summed E-state index contributed by atoms with van der Waals surface area (Å²) in [6, 6.07) is 6.09. The van der Waals surface area contributed by atoms with Crippen molar-refractivity contribution >= 4 is 0 Å². The quantitative estimate of drug-likeness (QED) is 0.708. The molecule has 118 valence electrons. The van der Waals surface area contributed by atoms with Crippen molar-refractivity contribution in [3.8, 4) is 11.5 Å². The lowest BCUT2D eigenvalue weighted by atomic mass is 10.1. The van der Waals surface area contributed by atoms with Crippen molar-refractivity contribution in [1.29, 1.82) is 0 Å². The summed E-state index contributed by atoms with van der Waals surface area (Å²) in [5, 5.41) is 3.54. The van der Waals surface area contributed by atoms with E-state index < -0.39 is 0 Å². The van der Waals surface area contributed by atoms with Gasteiger partial charge in [0.25, 0.3) is 0 Å². The van der Waals surface area contributed by atoms with E-state index in [1.165, 1.54) is 38.0 Å². The van der Waals surface area contributed by atoms with Gasteiger partial charge < -0.3 is 19.7 Å². The Morgan fingerprint density at radius 1 is 1.00 bits per heavy atom. The van der Waals surface area contributed by atoms with Crippen LogP contribution in [0, 0.1) is 0 Å². The molecule has 0 atom stereocenters. The number of nitrogens with zero attached hydrogens (tertiary/aromatic N) is 1. The number of aryl methyl sites for hydroxylation is 1. The Morgan fingerprint density at radius 2 is 1.67 bits per heavy atom. The minimum absolute atomic E-state index is 0.867. The molecule has 1 heterocycles. The lowest BCUT2D eigenvalue weighted by molar-refractivity contribution is 0.336. The van der Waals surface area contributed by atoms with E-state index in [1.54, 1.807) is 14.2 Å². The average molecular weight is 292 g/mol. The van der Waals surface area contributed by atoms with Crippen molar-refractivity contribution in [1.82, 2.24) is 10.2 Å². The largest absolute Gasteiger partial charge is 0.497 e. The van der Waals surface area contributed by atoms with Gasteiger partial charge in [0.05, 0.1) is 14.2 Å². The van der Waals surface area contributed by atoms with Crippen LogP contribution in [-0.2, 0) is 6.42 Å². The molecule has 1 aromatic rings. The fourth-order valence-electron chi connectivity index (χ4n) is 2.80. The Morgan fingerprint density at radius 3 is 2.29 bits per heavy atom. The van der Waals surface area contributed by atoms with Crippen molar-refractivity contribution in [3.05, 3.63) is 23.8 Å². The third kappa shape index (κ3) is 5.56. The van der Waals surface area contributed by atoms with E-state index in [-0.39, 0.29) is 0 Å². The minimum Gasteiger partial charge on any atom is -0.497 e. The zero-order chi connectivity index (χ0) is 14.9. The van der Waals surface area contributed by atoms with Crippen LogP contribution in [0.2, 0.25) is 0 Å². The number of rotatable bonds is 9. The molecule has 4 heteroatoms. The monoisotopic (exact) mass is 292 g/mol. The minimum atomic E-state index is 0.867. The first kappa shape index (κ1) is 16.1. The summed E-state index contributed by atoms with van der Waals surface area (Å²) in [4.78, 5) is 2.54. The number of hydrogen-bond donors (Lipinski definition) is 1. The zero-order valence-corrected chi connectivity index (χ0v) is 13.4. The van der Waals surface area contributed by atoms with Crippen LogP contribution in [0.25, 0.3) is 0 Å². The highest BCUT2D eigenvalue weighted by Gasteiger charge is 2.09. The van der Waals surface area contributed by atoms with Crippen molar-refractivity contribution in [2.24, 2.45) is 0 Å². The zero-order valence-electron chi connectivity index (χ0n) is 13.4. The fourth-order valence-corrected chi connectivity index (χ4v) is 2.80. The molecule has 0 spiro atoms. The maximum Gasteiger partial charge on any atom is 0.122 e. The van der Waals surface area contributed by atoms with E-state index in [0.717, 1.165) is 37.4 Å². The highest BCUT2D eigenvalue weighted by Crippen LogP contribution is 2.23. The first-order chi connectivity index (χ1) is 10.3. The molecule has 4 nitrogen and oxygen atoms in total. The molecule has 1 aliphatic heterocycles. The molecule has 1 N–H and O–H groups in total. The third-order valence-electron chi connectivity index (χ3n) is 4.03. The van der Waals surface area contributed by atoms with Gasteiger partial charge in [-0.05, 0) is 63.0 Å². The summed E-state index contributed by atoms with van der Waals surface area (Å²) in [6.45, 7) is 5.92. The molecule has 1 aliphatic rings. The van der Waals surface area contributed by atoms with Gasteiger partial charge in [0.1, 0.15) is 11.5 Å². The van der Waals surface area contributed by atoms with E-state index in [2.05, 4.69) is 22.3 Å². The second kappa shape index (κ2) is 8.90. The Hall–Kier alpha value is -1.26. The van der Waals surface area contributed by atoms with Gasteiger partial charge in [-0.3, -0.25) is 0 Å². The Labute approximate surface area is 128 Å². The second-order valence-electron chi connectivity index (χ2n) is 5.62. The highest BCUT2D eigenvalue weighted by molar-refractivity contribution is 5.38. The van der Waals surface area contributed by atoms with Crippen LogP contribution in [0.5, 0.6) is 11.5 Å². The van der Waals surface area contributed by atoms with Crippen LogP contribution in [0.15, 0.2) is 18.2 Å². The van der Waals surface area contributed by atoms with Crippen LogP contribution < -0.4 is 14.8 Å². The summed E-state index contributed by atoms with van der Waals surface area (Å²) in [6.07, 6.45) is 4.93. The van der Waals surface area contributed by atoms with Gasteiger partial charge in [-0.15, -0.1) is 0 Å². The molecule has 0 amide bonds. The Kier molecular flexibility index (Phi) is 6.83. The van der Waals surface area contributed by atoms with Crippen LogP contribution in [0.3, 0.4) is 0 Å². The molecule has 1 fully saturated rings. The summed E-state index contributed by atoms with van der Waals surface area (Å²) in [5.41, 5.74) is 1.27. The molecule has 0 radical (unpaired) electrons. The van der Waals surface area contributed by atoms with E-state index in [1.807, 2.05) is 6.07 Å². The number of benzene rings is 1. The average Bonchev–Trinajstić information content (AvgIpc) is 3.03. The third-order valence-corrected chi connectivity index (χ3v) is 4.03. The van der Waals surface area contributed by atoms with Crippen LogP contribution in [0.4, 0.5) is 0 Å². The highest BCUT2D eigenvalue weighted by atomic mass is 16.5. The normalized spacial score (nSPS) is 15.3. The van der Waals surface area contributed by atoms with E-state index in [9.17, 15) is 0 Å². The van der Waals surface area contributed by atoms with Crippen molar-refractivity contribution in [3.63, 3.8) is 0 Å². The second-order valence-corrected chi connectivity index (χ2v) is 5.62. The number of nitrogens with one attached hydrogen (secondary N) is 1. The first-order valence-corrected chi connectivity index (χ1v) is 7.97. The van der Waals surface area contributed by atoms with Gasteiger partial charge in [0, 0.05) is 19.2 Å². The maximum absolute atomic E-state index is 5.30. The summed E-state index contributed by atoms with van der Waals surface area (Å²) < 4.78 is 10.6. The van der Waals surface area contributed by atoms with Gasteiger partial charge >= 0.3 is 0 Å². The van der Waals surface area contributed by atoms with Crippen LogP contribution in [-0.4, -0.2) is 51.8 Å². The predicted molar refractivity (Wildman–Crippen MR) is 86.4 cm³/mol. The number of likely N-dealkylation sites (tertiary alicyclic amines) is 1. The predicted octanol–water partition coefficient (Wildman–Crippen LogP) is 2.32. The first-order valence-electron chi connectivity index (χ1n) is 7.97. The van der Waals surface area contributed by atoms with Gasteiger partial charge in [-0.1, -0.05) is 0 Å². The molecule has 0 unspecified atom stereocenters. The molecule has 0 bridgehead atoms. The van der Waals surface area contributed by atoms with Crippen molar-refractivity contribution in [2.45, 2.75) is 25.7 Å². The lowest BCUT2D eigenvalue weighted by Crippen LogP contribution is -2.30. The topological polar surface area (TPSA) is 33.7 Å². The molecule has 21 heavy (non-hydrogen) atoms. The standard InChI is InChI=1S/C17H28N2O2/c1-20-16-12-15(13-17(14-16)21-2)6-5-7-18-8-11-19-9-3-4-10-19/h12-14,18H,3-11H2,1-2H3. The molecule has 0 saturated carbocycles. The molecular weight excluding hydrogens is 264 g/mol. The van der Waals surface area contributed by atoms with Crippen molar-refractivity contribution in [2.75, 3.05) is 46.9 Å². The number of ether oxygens (including phenoxy) is 2. The summed E-state index contributed by atoms with van der Waals surface area (Å²) >= 11 is 0. The van der Waals surface area contributed by atoms with Gasteiger partial charge in [-0.2, -0.15) is 0 Å². The van der Waals surface area contributed by atoms with Gasteiger partial charge in [0.15, 0.2) is 0 Å². The molecule has 0 aliphatic carbocycles. The van der Waals surface area contributed by atoms with Crippen molar-refractivity contribution < 1.29 is 9.47 Å². The van der Waals surface area contributed by atoms with Gasteiger partial charge in [0.2, 0.25) is 0 Å². The van der Waals surface area contributed by atoms with E-state index >= 15 is 0 Å². The smallest absolute Gasteiger partial charge is 0.122 e. The molecule has 2 rings (SSSR count).